The summed E-state index contributed by atoms with van der Waals surface area (Å²) in [7, 11) is 1.63. The van der Waals surface area contributed by atoms with Crippen LogP contribution in [0.3, 0.4) is 0 Å². The van der Waals surface area contributed by atoms with E-state index in [1.807, 2.05) is 24.3 Å². The van der Waals surface area contributed by atoms with Gasteiger partial charge in [0, 0.05) is 6.42 Å². The Bertz CT molecular complexity index is 497. The lowest BCUT2D eigenvalue weighted by molar-refractivity contribution is -0.116. The van der Waals surface area contributed by atoms with Crippen molar-refractivity contribution in [3.63, 3.8) is 0 Å². The van der Waals surface area contributed by atoms with E-state index in [1.54, 1.807) is 12.6 Å². The maximum absolute atomic E-state index is 11.6. The van der Waals surface area contributed by atoms with Gasteiger partial charge in [0.25, 0.3) is 0 Å². The van der Waals surface area contributed by atoms with Crippen LogP contribution in [0.15, 0.2) is 29.8 Å². The first-order chi connectivity index (χ1) is 8.78. The molecule has 1 N–H and O–H groups in total. The van der Waals surface area contributed by atoms with Gasteiger partial charge in [0.15, 0.2) is 0 Å². The van der Waals surface area contributed by atoms with Gasteiger partial charge in [-0.1, -0.05) is 23.5 Å². The monoisotopic (exact) mass is 263 g/mol. The highest BCUT2D eigenvalue weighted by Gasteiger charge is 2.05. The Labute approximate surface area is 109 Å². The van der Waals surface area contributed by atoms with E-state index in [0.717, 1.165) is 11.3 Å². The number of hydrogen-bond acceptors (Lipinski definition) is 5. The summed E-state index contributed by atoms with van der Waals surface area (Å²) in [5.41, 5.74) is 2.68. The molecule has 1 aromatic carbocycles. The number of rotatable bonds is 5. The van der Waals surface area contributed by atoms with Crippen molar-refractivity contribution in [2.24, 2.45) is 0 Å². The number of anilines is 1. The molecule has 5 nitrogen and oxygen atoms in total. The highest BCUT2D eigenvalue weighted by Crippen LogP contribution is 2.13. The minimum Gasteiger partial charge on any atom is -0.497 e. The first-order valence-electron chi connectivity index (χ1n) is 5.47. The normalized spacial score (nSPS) is 10.1. The van der Waals surface area contributed by atoms with Gasteiger partial charge in [-0.05, 0) is 24.1 Å². The SMILES string of the molecule is COc1ccc(CCC(=O)Nc2nncs2)cc1. The van der Waals surface area contributed by atoms with Crippen molar-refractivity contribution in [1.29, 1.82) is 0 Å². The lowest BCUT2D eigenvalue weighted by atomic mass is 10.1. The number of amides is 1. The molecule has 1 amide bonds. The van der Waals surface area contributed by atoms with Crippen molar-refractivity contribution >= 4 is 22.4 Å². The number of benzene rings is 1. The molecule has 0 unspecified atom stereocenters. The van der Waals surface area contributed by atoms with Gasteiger partial charge in [-0.15, -0.1) is 10.2 Å². The van der Waals surface area contributed by atoms with Crippen LogP contribution in [-0.2, 0) is 11.2 Å². The summed E-state index contributed by atoms with van der Waals surface area (Å²) in [5.74, 6) is 0.764. The summed E-state index contributed by atoms with van der Waals surface area (Å²) in [6, 6.07) is 7.68. The van der Waals surface area contributed by atoms with Gasteiger partial charge in [0.05, 0.1) is 7.11 Å². The molecular weight excluding hydrogens is 250 g/mol. The number of nitrogens with zero attached hydrogens (tertiary/aromatic N) is 2. The van der Waals surface area contributed by atoms with Gasteiger partial charge < -0.3 is 10.1 Å². The average molecular weight is 263 g/mol. The molecule has 0 spiro atoms. The maximum Gasteiger partial charge on any atom is 0.226 e. The molecule has 18 heavy (non-hydrogen) atoms. The molecule has 0 bridgehead atoms. The van der Waals surface area contributed by atoms with Crippen molar-refractivity contribution in [2.75, 3.05) is 12.4 Å². The van der Waals surface area contributed by atoms with Crippen LogP contribution >= 0.6 is 11.3 Å². The summed E-state index contributed by atoms with van der Waals surface area (Å²) in [5, 5.41) is 10.6. The number of nitrogens with one attached hydrogen (secondary N) is 1. The van der Waals surface area contributed by atoms with Crippen LogP contribution in [0.5, 0.6) is 5.75 Å². The number of ether oxygens (including phenoxy) is 1. The van der Waals surface area contributed by atoms with Gasteiger partial charge in [0.1, 0.15) is 11.3 Å². The van der Waals surface area contributed by atoms with E-state index < -0.39 is 0 Å². The van der Waals surface area contributed by atoms with Crippen molar-refractivity contribution in [2.45, 2.75) is 12.8 Å². The Morgan fingerprint density at radius 2 is 2.17 bits per heavy atom. The predicted octanol–water partition coefficient (Wildman–Crippen LogP) is 2.12. The smallest absolute Gasteiger partial charge is 0.226 e. The summed E-state index contributed by atoms with van der Waals surface area (Å²) in [6.45, 7) is 0. The van der Waals surface area contributed by atoms with E-state index in [0.29, 0.717) is 18.0 Å². The second-order valence-electron chi connectivity index (χ2n) is 3.64. The van der Waals surface area contributed by atoms with Crippen molar-refractivity contribution in [3.8, 4) is 5.75 Å². The zero-order valence-corrected chi connectivity index (χ0v) is 10.7. The number of methoxy groups -OCH3 is 1. The molecule has 94 valence electrons. The number of carbonyl (C=O) groups excluding carboxylic acids is 1. The number of aromatic nitrogens is 2. The Kier molecular flexibility index (Phi) is 4.25. The van der Waals surface area contributed by atoms with Crippen LogP contribution in [0.25, 0.3) is 0 Å². The van der Waals surface area contributed by atoms with Gasteiger partial charge in [-0.3, -0.25) is 4.79 Å². The second kappa shape index (κ2) is 6.11. The lowest BCUT2D eigenvalue weighted by Gasteiger charge is -2.03. The number of carbonyl (C=O) groups is 1. The molecule has 2 aromatic rings. The van der Waals surface area contributed by atoms with Crippen molar-refractivity contribution < 1.29 is 9.53 Å². The predicted molar refractivity (Wildman–Crippen MR) is 69.9 cm³/mol. The summed E-state index contributed by atoms with van der Waals surface area (Å²) < 4.78 is 5.07. The van der Waals surface area contributed by atoms with Crippen molar-refractivity contribution in [3.05, 3.63) is 35.3 Å². The standard InChI is InChI=1S/C12H13N3O2S/c1-17-10-5-2-9(3-6-10)4-7-11(16)14-12-15-13-8-18-12/h2-3,5-6,8H,4,7H2,1H3,(H,14,15,16). The first kappa shape index (κ1) is 12.5. The Morgan fingerprint density at radius 3 is 2.78 bits per heavy atom. The van der Waals surface area contributed by atoms with Crippen LogP contribution in [0.2, 0.25) is 0 Å². The highest BCUT2D eigenvalue weighted by atomic mass is 32.1. The van der Waals surface area contributed by atoms with E-state index in [-0.39, 0.29) is 5.91 Å². The van der Waals surface area contributed by atoms with Crippen LogP contribution in [0.4, 0.5) is 5.13 Å². The molecule has 0 aliphatic rings. The molecule has 0 aliphatic carbocycles. The second-order valence-corrected chi connectivity index (χ2v) is 4.47. The zero-order valence-electron chi connectivity index (χ0n) is 9.92. The molecule has 0 fully saturated rings. The van der Waals surface area contributed by atoms with E-state index in [2.05, 4.69) is 15.5 Å². The Hall–Kier alpha value is -1.95. The number of hydrogen-bond donors (Lipinski definition) is 1. The highest BCUT2D eigenvalue weighted by molar-refractivity contribution is 7.13. The quantitative estimate of drug-likeness (QED) is 0.897. The summed E-state index contributed by atoms with van der Waals surface area (Å²) in [4.78, 5) is 11.6. The fourth-order valence-electron chi connectivity index (χ4n) is 1.46. The minimum atomic E-state index is -0.0532. The van der Waals surface area contributed by atoms with Crippen molar-refractivity contribution in [1.82, 2.24) is 10.2 Å². The third-order valence-electron chi connectivity index (χ3n) is 2.41. The Morgan fingerprint density at radius 1 is 1.39 bits per heavy atom. The largest absolute Gasteiger partial charge is 0.497 e. The van der Waals surface area contributed by atoms with Gasteiger partial charge in [-0.25, -0.2) is 0 Å². The summed E-state index contributed by atoms with van der Waals surface area (Å²) >= 11 is 1.31. The van der Waals surface area contributed by atoms with Crippen LogP contribution in [-0.4, -0.2) is 23.2 Å². The molecule has 0 aliphatic heterocycles. The summed E-state index contributed by atoms with van der Waals surface area (Å²) in [6.07, 6.45) is 1.11. The van der Waals surface area contributed by atoms with E-state index in [4.69, 9.17) is 4.74 Å². The van der Waals surface area contributed by atoms with E-state index in [1.165, 1.54) is 11.3 Å². The molecule has 1 aromatic heterocycles. The third kappa shape index (κ3) is 3.53. The van der Waals surface area contributed by atoms with E-state index in [9.17, 15) is 4.79 Å². The zero-order chi connectivity index (χ0) is 12.8. The van der Waals surface area contributed by atoms with E-state index >= 15 is 0 Å². The van der Waals surface area contributed by atoms with Crippen LogP contribution in [0, 0.1) is 0 Å². The lowest BCUT2D eigenvalue weighted by Crippen LogP contribution is -2.12. The van der Waals surface area contributed by atoms with Crippen LogP contribution < -0.4 is 10.1 Å². The molecular formula is C12H13N3O2S. The molecule has 0 radical (unpaired) electrons. The van der Waals surface area contributed by atoms with Gasteiger partial charge >= 0.3 is 0 Å². The topological polar surface area (TPSA) is 64.1 Å². The fraction of sp³-hybridized carbons (Fsp3) is 0.250. The maximum atomic E-state index is 11.6. The molecule has 0 saturated heterocycles. The molecule has 6 heteroatoms. The van der Waals surface area contributed by atoms with Gasteiger partial charge in [0.2, 0.25) is 11.0 Å². The molecule has 0 atom stereocenters. The van der Waals surface area contributed by atoms with Crippen LogP contribution in [0.1, 0.15) is 12.0 Å². The first-order valence-corrected chi connectivity index (χ1v) is 6.35. The third-order valence-corrected chi connectivity index (χ3v) is 3.01. The molecule has 0 saturated carbocycles. The average Bonchev–Trinajstić information content (AvgIpc) is 2.90. The minimum absolute atomic E-state index is 0.0532. The Balaban J connectivity index is 1.81. The molecule has 1 heterocycles. The molecule has 2 rings (SSSR count). The van der Waals surface area contributed by atoms with Gasteiger partial charge in [-0.2, -0.15) is 0 Å². The fourth-order valence-corrected chi connectivity index (χ4v) is 1.92. The number of aryl methyl sites for hydroxylation is 1.